The highest BCUT2D eigenvalue weighted by Crippen LogP contribution is 1.86. The van der Waals surface area contributed by atoms with E-state index in [1.807, 2.05) is 0 Å². The third kappa shape index (κ3) is 21.7. The molecule has 0 saturated carbocycles. The van der Waals surface area contributed by atoms with Gasteiger partial charge >= 0.3 is 0 Å². The molecule has 0 amide bonds. The fraction of sp³-hybridized carbons (Fsp3) is 0.933. The van der Waals surface area contributed by atoms with Crippen LogP contribution < -0.4 is 0 Å². The van der Waals surface area contributed by atoms with Gasteiger partial charge in [0.05, 0.1) is 79.3 Å². The van der Waals surface area contributed by atoms with Gasteiger partial charge in [-0.2, -0.15) is 0 Å². The summed E-state index contributed by atoms with van der Waals surface area (Å²) in [6.07, 6.45) is 0. The lowest BCUT2D eigenvalue weighted by Crippen LogP contribution is -2.16. The minimum atomic E-state index is 0.167. The maximum atomic E-state index is 9.44. The van der Waals surface area contributed by atoms with Gasteiger partial charge in [0.1, 0.15) is 5.78 Å². The van der Waals surface area contributed by atoms with Gasteiger partial charge < -0.3 is 33.2 Å². The summed E-state index contributed by atoms with van der Waals surface area (Å²) in [7, 11) is 0. The van der Waals surface area contributed by atoms with Gasteiger partial charge in [-0.25, -0.2) is 0 Å². The van der Waals surface area contributed by atoms with Gasteiger partial charge in [0.25, 0.3) is 0 Å². The van der Waals surface area contributed by atoms with Crippen molar-refractivity contribution < 1.29 is 33.2 Å². The van der Waals surface area contributed by atoms with Gasteiger partial charge in [-0.15, -0.1) is 0 Å². The molecule has 1 aliphatic heterocycles. The van der Waals surface area contributed by atoms with Crippen LogP contribution in [-0.2, 0) is 33.2 Å². The molecule has 7 heteroatoms. The predicted molar refractivity (Wildman–Crippen MR) is 81.3 cm³/mol. The number of ketones is 1. The van der Waals surface area contributed by atoms with Crippen LogP contribution >= 0.6 is 0 Å². The maximum Gasteiger partial charge on any atom is 0.126 e. The van der Waals surface area contributed by atoms with Crippen molar-refractivity contribution in [2.45, 2.75) is 13.8 Å². The number of hydrogen-bond donors (Lipinski definition) is 0. The molecular weight excluding hydrogens is 292 g/mol. The topological polar surface area (TPSA) is 72.5 Å². The number of ether oxygens (including phenoxy) is 6. The summed E-state index contributed by atoms with van der Waals surface area (Å²) in [5, 5.41) is 0. The van der Waals surface area contributed by atoms with Crippen molar-refractivity contribution in [3.8, 4) is 0 Å². The van der Waals surface area contributed by atoms with E-state index in [4.69, 9.17) is 28.4 Å². The standard InChI is InChI=1S/C12H24O6.C3H6O/c1-2-14-5-6-16-9-10-18-12-11-17-8-7-15-4-3-13-1;1-3(2)4/h1-12H2;1-2H3. The van der Waals surface area contributed by atoms with E-state index in [0.717, 1.165) is 0 Å². The second kappa shape index (κ2) is 18.5. The summed E-state index contributed by atoms with van der Waals surface area (Å²) >= 11 is 0. The molecule has 132 valence electrons. The van der Waals surface area contributed by atoms with Crippen molar-refractivity contribution in [3.05, 3.63) is 0 Å². The molecule has 0 aromatic carbocycles. The Hall–Kier alpha value is -0.570. The molecule has 0 unspecified atom stereocenters. The van der Waals surface area contributed by atoms with Crippen LogP contribution in [0.25, 0.3) is 0 Å². The van der Waals surface area contributed by atoms with Crippen molar-refractivity contribution >= 4 is 5.78 Å². The maximum absolute atomic E-state index is 9.44. The molecule has 1 heterocycles. The number of rotatable bonds is 0. The predicted octanol–water partition coefficient (Wildman–Crippen LogP) is 0.695. The van der Waals surface area contributed by atoms with Crippen LogP contribution in [0, 0.1) is 0 Å². The van der Waals surface area contributed by atoms with Crippen LogP contribution in [0.5, 0.6) is 0 Å². The SMILES string of the molecule is C1COCCOCCOCCOCCOCCO1.CC(C)=O. The number of carbonyl (C=O) groups excluding carboxylic acids is 1. The van der Waals surface area contributed by atoms with Crippen molar-refractivity contribution in [3.63, 3.8) is 0 Å². The van der Waals surface area contributed by atoms with E-state index < -0.39 is 0 Å². The van der Waals surface area contributed by atoms with Gasteiger partial charge in [0, 0.05) is 0 Å². The first-order chi connectivity index (χ1) is 10.7. The Kier molecular flexibility index (Phi) is 18.0. The highest BCUT2D eigenvalue weighted by molar-refractivity contribution is 5.72. The second-order valence-corrected chi connectivity index (χ2v) is 4.58. The third-order valence-electron chi connectivity index (χ3n) is 2.23. The first kappa shape index (κ1) is 21.4. The summed E-state index contributed by atoms with van der Waals surface area (Å²) in [5.74, 6) is 0.167. The van der Waals surface area contributed by atoms with Crippen LogP contribution in [0.4, 0.5) is 0 Å². The molecule has 0 aromatic heterocycles. The van der Waals surface area contributed by atoms with Crippen molar-refractivity contribution in [2.75, 3.05) is 79.3 Å². The summed E-state index contributed by atoms with van der Waals surface area (Å²) in [6.45, 7) is 10.1. The second-order valence-electron chi connectivity index (χ2n) is 4.58. The van der Waals surface area contributed by atoms with Crippen LogP contribution in [0.15, 0.2) is 0 Å². The van der Waals surface area contributed by atoms with E-state index in [2.05, 4.69) is 0 Å². The molecule has 1 fully saturated rings. The van der Waals surface area contributed by atoms with Gasteiger partial charge in [-0.3, -0.25) is 0 Å². The highest BCUT2D eigenvalue weighted by atomic mass is 16.6. The Labute approximate surface area is 133 Å². The Bertz CT molecular complexity index is 157. The number of hydrogen-bond acceptors (Lipinski definition) is 7. The molecule has 0 aliphatic carbocycles. The van der Waals surface area contributed by atoms with Crippen molar-refractivity contribution in [2.24, 2.45) is 0 Å². The minimum absolute atomic E-state index is 0.167. The van der Waals surface area contributed by atoms with Crippen LogP contribution in [-0.4, -0.2) is 85.1 Å². The smallest absolute Gasteiger partial charge is 0.126 e. The zero-order valence-electron chi connectivity index (χ0n) is 13.8. The van der Waals surface area contributed by atoms with Crippen LogP contribution in [0.1, 0.15) is 13.8 Å². The highest BCUT2D eigenvalue weighted by Gasteiger charge is 1.95. The molecule has 1 aliphatic rings. The van der Waals surface area contributed by atoms with Crippen molar-refractivity contribution in [1.29, 1.82) is 0 Å². The average Bonchev–Trinajstić information content (AvgIpc) is 2.47. The Morgan fingerprint density at radius 1 is 0.455 bits per heavy atom. The van der Waals surface area contributed by atoms with E-state index in [-0.39, 0.29) is 5.78 Å². The lowest BCUT2D eigenvalue weighted by Gasteiger charge is -2.09. The molecule has 1 rings (SSSR count). The zero-order valence-corrected chi connectivity index (χ0v) is 13.8. The molecule has 0 bridgehead atoms. The minimum Gasteiger partial charge on any atom is -0.377 e. The molecule has 0 radical (unpaired) electrons. The molecule has 1 saturated heterocycles. The largest absolute Gasteiger partial charge is 0.377 e. The zero-order chi connectivity index (χ0) is 16.3. The fourth-order valence-electron chi connectivity index (χ4n) is 1.32. The third-order valence-corrected chi connectivity index (χ3v) is 2.23. The summed E-state index contributed by atoms with van der Waals surface area (Å²) in [4.78, 5) is 9.44. The molecule has 0 aromatic rings. The van der Waals surface area contributed by atoms with E-state index in [9.17, 15) is 4.79 Å². The molecule has 7 nitrogen and oxygen atoms in total. The van der Waals surface area contributed by atoms with Gasteiger partial charge in [0.2, 0.25) is 0 Å². The Balaban J connectivity index is 0.000000980. The number of carbonyl (C=O) groups is 1. The molecule has 0 spiro atoms. The van der Waals surface area contributed by atoms with E-state index in [0.29, 0.717) is 79.3 Å². The van der Waals surface area contributed by atoms with E-state index in [1.165, 1.54) is 13.8 Å². The fourth-order valence-corrected chi connectivity index (χ4v) is 1.32. The Morgan fingerprint density at radius 2 is 0.545 bits per heavy atom. The normalized spacial score (nSPS) is 20.8. The van der Waals surface area contributed by atoms with Crippen molar-refractivity contribution in [1.82, 2.24) is 0 Å². The monoisotopic (exact) mass is 322 g/mol. The van der Waals surface area contributed by atoms with Gasteiger partial charge in [-0.1, -0.05) is 0 Å². The van der Waals surface area contributed by atoms with Gasteiger partial charge in [-0.05, 0) is 13.8 Å². The van der Waals surface area contributed by atoms with Gasteiger partial charge in [0.15, 0.2) is 0 Å². The molecular formula is C15H30O7. The molecule has 22 heavy (non-hydrogen) atoms. The number of Topliss-reactive ketones (excluding diaryl/α,β-unsaturated/α-hetero) is 1. The quantitative estimate of drug-likeness (QED) is 0.650. The summed E-state index contributed by atoms with van der Waals surface area (Å²) in [6, 6.07) is 0. The van der Waals surface area contributed by atoms with E-state index >= 15 is 0 Å². The first-order valence-corrected chi connectivity index (χ1v) is 7.67. The van der Waals surface area contributed by atoms with Crippen LogP contribution in [0.2, 0.25) is 0 Å². The average molecular weight is 322 g/mol. The van der Waals surface area contributed by atoms with Crippen LogP contribution in [0.3, 0.4) is 0 Å². The lowest BCUT2D eigenvalue weighted by molar-refractivity contribution is -0.114. The summed E-state index contributed by atoms with van der Waals surface area (Å²) in [5.41, 5.74) is 0. The lowest BCUT2D eigenvalue weighted by atomic mass is 10.6. The Morgan fingerprint density at radius 3 is 0.636 bits per heavy atom. The molecule has 0 N–H and O–H groups in total. The summed E-state index contributed by atoms with van der Waals surface area (Å²) < 4.78 is 32.0. The first-order valence-electron chi connectivity index (χ1n) is 7.67. The van der Waals surface area contributed by atoms with E-state index in [1.54, 1.807) is 0 Å². The molecule has 0 atom stereocenters.